The number of hydrogen-bond donors (Lipinski definition) is 1. The number of aryl methyl sites for hydroxylation is 2. The maximum absolute atomic E-state index is 12.2. The van der Waals surface area contributed by atoms with Gasteiger partial charge in [0.05, 0.1) is 0 Å². The second kappa shape index (κ2) is 10.3. The van der Waals surface area contributed by atoms with Gasteiger partial charge in [0.25, 0.3) is 5.91 Å². The first-order chi connectivity index (χ1) is 14.6. The predicted octanol–water partition coefficient (Wildman–Crippen LogP) is 4.79. The monoisotopic (exact) mass is 403 g/mol. The minimum Gasteiger partial charge on any atom is -0.481 e. The van der Waals surface area contributed by atoms with Crippen molar-refractivity contribution in [1.29, 1.82) is 0 Å². The van der Waals surface area contributed by atoms with Crippen LogP contribution in [0.1, 0.15) is 18.1 Å². The number of nitrogens with one attached hydrogen (secondary N) is 1. The van der Waals surface area contributed by atoms with Crippen LogP contribution in [0.4, 0.5) is 5.69 Å². The van der Waals surface area contributed by atoms with Gasteiger partial charge in [-0.15, -0.1) is 0 Å². The SMILES string of the molecule is CCc1cccc(C)c1NC(=O)COC(=O)COc1ccccc1-c1ccccc1. The molecule has 0 heterocycles. The Morgan fingerprint density at radius 2 is 1.60 bits per heavy atom. The lowest BCUT2D eigenvalue weighted by Crippen LogP contribution is -2.24. The van der Waals surface area contributed by atoms with E-state index in [2.05, 4.69) is 5.32 Å². The number of carbonyl (C=O) groups excluding carboxylic acids is 2. The third kappa shape index (κ3) is 5.47. The zero-order valence-corrected chi connectivity index (χ0v) is 17.2. The van der Waals surface area contributed by atoms with Crippen molar-refractivity contribution in [3.63, 3.8) is 0 Å². The van der Waals surface area contributed by atoms with Gasteiger partial charge in [-0.3, -0.25) is 4.79 Å². The molecule has 1 amide bonds. The molecule has 0 spiro atoms. The summed E-state index contributed by atoms with van der Waals surface area (Å²) in [5.74, 6) is -0.400. The Morgan fingerprint density at radius 1 is 0.867 bits per heavy atom. The first-order valence-corrected chi connectivity index (χ1v) is 9.89. The van der Waals surface area contributed by atoms with Crippen molar-refractivity contribution < 1.29 is 19.1 Å². The Hall–Kier alpha value is -3.60. The van der Waals surface area contributed by atoms with Crippen LogP contribution in [0.15, 0.2) is 72.8 Å². The summed E-state index contributed by atoms with van der Waals surface area (Å²) in [5, 5.41) is 2.83. The fourth-order valence-electron chi connectivity index (χ4n) is 3.15. The van der Waals surface area contributed by atoms with Gasteiger partial charge in [0, 0.05) is 11.3 Å². The molecule has 3 aromatic rings. The first kappa shape index (κ1) is 21.1. The number of amides is 1. The molecule has 1 N–H and O–H groups in total. The largest absolute Gasteiger partial charge is 0.481 e. The van der Waals surface area contributed by atoms with Crippen LogP contribution in [-0.4, -0.2) is 25.1 Å². The van der Waals surface area contributed by atoms with E-state index in [1.165, 1.54) is 0 Å². The fourth-order valence-corrected chi connectivity index (χ4v) is 3.15. The Morgan fingerprint density at radius 3 is 2.37 bits per heavy atom. The molecular formula is C25H25NO4. The van der Waals surface area contributed by atoms with E-state index in [9.17, 15) is 9.59 Å². The molecule has 0 aliphatic heterocycles. The van der Waals surface area contributed by atoms with Crippen molar-refractivity contribution in [2.45, 2.75) is 20.3 Å². The highest BCUT2D eigenvalue weighted by Crippen LogP contribution is 2.29. The van der Waals surface area contributed by atoms with Crippen LogP contribution in [0, 0.1) is 6.92 Å². The number of carbonyl (C=O) groups is 2. The normalized spacial score (nSPS) is 10.3. The Labute approximate surface area is 176 Å². The molecule has 0 aliphatic carbocycles. The van der Waals surface area contributed by atoms with Crippen LogP contribution >= 0.6 is 0 Å². The lowest BCUT2D eigenvalue weighted by atomic mass is 10.1. The lowest BCUT2D eigenvalue weighted by Gasteiger charge is -2.13. The number of ether oxygens (including phenoxy) is 2. The van der Waals surface area contributed by atoms with Crippen molar-refractivity contribution in [3.8, 4) is 16.9 Å². The maximum atomic E-state index is 12.2. The van der Waals surface area contributed by atoms with E-state index < -0.39 is 5.97 Å². The van der Waals surface area contributed by atoms with Crippen LogP contribution < -0.4 is 10.1 Å². The van der Waals surface area contributed by atoms with Gasteiger partial charge in [0.1, 0.15) is 5.75 Å². The van der Waals surface area contributed by atoms with Crippen molar-refractivity contribution in [1.82, 2.24) is 0 Å². The quantitative estimate of drug-likeness (QED) is 0.550. The summed E-state index contributed by atoms with van der Waals surface area (Å²) in [5.41, 5.74) is 4.65. The van der Waals surface area contributed by atoms with Crippen molar-refractivity contribution in [2.24, 2.45) is 0 Å². The average Bonchev–Trinajstić information content (AvgIpc) is 2.78. The van der Waals surface area contributed by atoms with Gasteiger partial charge < -0.3 is 14.8 Å². The van der Waals surface area contributed by atoms with E-state index in [0.29, 0.717) is 5.75 Å². The molecule has 154 valence electrons. The third-order valence-corrected chi connectivity index (χ3v) is 4.69. The van der Waals surface area contributed by atoms with Gasteiger partial charge in [0.2, 0.25) is 0 Å². The number of hydrogen-bond acceptors (Lipinski definition) is 4. The van der Waals surface area contributed by atoms with E-state index in [1.807, 2.05) is 80.6 Å². The van der Waals surface area contributed by atoms with Gasteiger partial charge in [-0.1, -0.05) is 73.7 Å². The van der Waals surface area contributed by atoms with Crippen molar-refractivity contribution >= 4 is 17.6 Å². The van der Waals surface area contributed by atoms with Gasteiger partial charge in [-0.2, -0.15) is 0 Å². The van der Waals surface area contributed by atoms with Crippen LogP contribution in [-0.2, 0) is 20.7 Å². The van der Waals surface area contributed by atoms with Crippen LogP contribution in [0.3, 0.4) is 0 Å². The molecule has 5 nitrogen and oxygen atoms in total. The second-order valence-corrected chi connectivity index (χ2v) is 6.82. The molecule has 0 saturated heterocycles. The summed E-state index contributed by atoms with van der Waals surface area (Å²) >= 11 is 0. The molecule has 0 aliphatic rings. The number of anilines is 1. The molecule has 0 fully saturated rings. The standard InChI is InChI=1S/C25H25NO4/c1-3-19-13-9-10-18(2)25(19)26-23(27)16-30-24(28)17-29-22-15-8-7-14-21(22)20-11-5-4-6-12-20/h4-15H,3,16-17H2,1-2H3,(H,26,27). The number of benzene rings is 3. The lowest BCUT2D eigenvalue weighted by molar-refractivity contribution is -0.149. The van der Waals surface area contributed by atoms with Crippen molar-refractivity contribution in [3.05, 3.63) is 83.9 Å². The zero-order chi connectivity index (χ0) is 21.3. The van der Waals surface area contributed by atoms with Crippen LogP contribution in [0.25, 0.3) is 11.1 Å². The van der Waals surface area contributed by atoms with Gasteiger partial charge >= 0.3 is 5.97 Å². The Bertz CT molecular complexity index is 1010. The molecule has 0 radical (unpaired) electrons. The summed E-state index contributed by atoms with van der Waals surface area (Å²) in [6, 6.07) is 23.1. The molecule has 0 unspecified atom stereocenters. The smallest absolute Gasteiger partial charge is 0.344 e. The zero-order valence-electron chi connectivity index (χ0n) is 17.2. The van der Waals surface area contributed by atoms with Gasteiger partial charge in [-0.05, 0) is 36.1 Å². The third-order valence-electron chi connectivity index (χ3n) is 4.69. The predicted molar refractivity (Wildman–Crippen MR) is 118 cm³/mol. The fraction of sp³-hybridized carbons (Fsp3) is 0.200. The highest BCUT2D eigenvalue weighted by Gasteiger charge is 2.13. The topological polar surface area (TPSA) is 64.6 Å². The molecular weight excluding hydrogens is 378 g/mol. The van der Waals surface area contributed by atoms with Gasteiger partial charge in [0.15, 0.2) is 13.2 Å². The summed E-state index contributed by atoms with van der Waals surface area (Å²) in [7, 11) is 0. The van der Waals surface area contributed by atoms with Crippen molar-refractivity contribution in [2.75, 3.05) is 18.5 Å². The maximum Gasteiger partial charge on any atom is 0.344 e. The van der Waals surface area contributed by atoms with Crippen LogP contribution in [0.5, 0.6) is 5.75 Å². The average molecular weight is 403 g/mol. The molecule has 0 bridgehead atoms. The molecule has 5 heteroatoms. The number of rotatable bonds is 8. The molecule has 3 rings (SSSR count). The number of para-hydroxylation sites is 2. The number of esters is 1. The van der Waals surface area contributed by atoms with E-state index in [-0.39, 0.29) is 19.1 Å². The second-order valence-electron chi connectivity index (χ2n) is 6.82. The summed E-state index contributed by atoms with van der Waals surface area (Å²) < 4.78 is 10.7. The summed E-state index contributed by atoms with van der Waals surface area (Å²) in [4.78, 5) is 24.3. The van der Waals surface area contributed by atoms with Crippen LogP contribution in [0.2, 0.25) is 0 Å². The summed E-state index contributed by atoms with van der Waals surface area (Å²) in [6.07, 6.45) is 0.797. The van der Waals surface area contributed by atoms with E-state index in [4.69, 9.17) is 9.47 Å². The van der Waals surface area contributed by atoms with E-state index >= 15 is 0 Å². The highest BCUT2D eigenvalue weighted by molar-refractivity contribution is 5.94. The van der Waals surface area contributed by atoms with E-state index in [1.54, 1.807) is 6.07 Å². The molecule has 0 saturated carbocycles. The van der Waals surface area contributed by atoms with Gasteiger partial charge in [-0.25, -0.2) is 4.79 Å². The Balaban J connectivity index is 1.53. The molecule has 0 aromatic heterocycles. The summed E-state index contributed by atoms with van der Waals surface area (Å²) in [6.45, 7) is 3.32. The Kier molecular flexibility index (Phi) is 7.22. The molecule has 0 atom stereocenters. The highest BCUT2D eigenvalue weighted by atomic mass is 16.6. The molecule has 3 aromatic carbocycles. The molecule has 30 heavy (non-hydrogen) atoms. The minimum absolute atomic E-state index is 0.276. The first-order valence-electron chi connectivity index (χ1n) is 9.89. The van der Waals surface area contributed by atoms with E-state index in [0.717, 1.165) is 34.4 Å². The minimum atomic E-state index is -0.603.